The highest BCUT2D eigenvalue weighted by atomic mass is 19.1. The van der Waals surface area contributed by atoms with Gasteiger partial charge in [0.05, 0.1) is 5.56 Å². The van der Waals surface area contributed by atoms with Gasteiger partial charge in [0, 0.05) is 11.8 Å². The van der Waals surface area contributed by atoms with Gasteiger partial charge in [-0.3, -0.25) is 10.1 Å². The summed E-state index contributed by atoms with van der Waals surface area (Å²) in [5.74, 6) is -0.475. The SMILES string of the molecule is O=C(Nc1ccc(F)cc1)c1ccc(NCc2ccccc2)[n+]([O-])c1. The maximum atomic E-state index is 12.9. The lowest BCUT2D eigenvalue weighted by Crippen LogP contribution is -2.32. The van der Waals surface area contributed by atoms with E-state index < -0.39 is 5.91 Å². The van der Waals surface area contributed by atoms with Gasteiger partial charge in [-0.1, -0.05) is 30.3 Å². The largest absolute Gasteiger partial charge is 0.711 e. The number of nitrogens with zero attached hydrogens (tertiary/aromatic N) is 1. The van der Waals surface area contributed by atoms with Crippen molar-refractivity contribution < 1.29 is 13.9 Å². The number of hydrogen-bond donors (Lipinski definition) is 2. The lowest BCUT2D eigenvalue weighted by molar-refractivity contribution is -0.590. The van der Waals surface area contributed by atoms with Crippen LogP contribution in [0, 0.1) is 11.0 Å². The molecule has 0 bridgehead atoms. The van der Waals surface area contributed by atoms with E-state index >= 15 is 0 Å². The molecule has 5 nitrogen and oxygen atoms in total. The van der Waals surface area contributed by atoms with Crippen LogP contribution < -0.4 is 15.4 Å². The van der Waals surface area contributed by atoms with Crippen molar-refractivity contribution >= 4 is 17.4 Å². The predicted octanol–water partition coefficient (Wildman–Crippen LogP) is 3.32. The summed E-state index contributed by atoms with van der Waals surface area (Å²) in [4.78, 5) is 12.2. The van der Waals surface area contributed by atoms with Gasteiger partial charge in [0.25, 0.3) is 11.7 Å². The van der Waals surface area contributed by atoms with Crippen LogP contribution in [0.25, 0.3) is 0 Å². The molecule has 0 unspecified atom stereocenters. The summed E-state index contributed by atoms with van der Waals surface area (Å²) < 4.78 is 13.5. The van der Waals surface area contributed by atoms with Crippen LogP contribution in [0.2, 0.25) is 0 Å². The van der Waals surface area contributed by atoms with Crippen LogP contribution in [0.4, 0.5) is 15.9 Å². The predicted molar refractivity (Wildman–Crippen MR) is 93.5 cm³/mol. The average molecular weight is 337 g/mol. The van der Waals surface area contributed by atoms with E-state index in [4.69, 9.17) is 0 Å². The van der Waals surface area contributed by atoms with E-state index in [2.05, 4.69) is 10.6 Å². The van der Waals surface area contributed by atoms with E-state index in [1.54, 1.807) is 12.1 Å². The topological polar surface area (TPSA) is 68.1 Å². The molecule has 6 heteroatoms. The first-order valence-electron chi connectivity index (χ1n) is 7.70. The van der Waals surface area contributed by atoms with Crippen LogP contribution in [0.1, 0.15) is 15.9 Å². The zero-order chi connectivity index (χ0) is 17.6. The normalized spacial score (nSPS) is 10.3. The van der Waals surface area contributed by atoms with Crippen molar-refractivity contribution in [2.75, 3.05) is 10.6 Å². The molecule has 3 rings (SSSR count). The number of carbonyl (C=O) groups is 1. The molecule has 0 aliphatic rings. The molecule has 2 aromatic carbocycles. The van der Waals surface area contributed by atoms with E-state index in [1.165, 1.54) is 30.5 Å². The fourth-order valence-corrected chi connectivity index (χ4v) is 2.28. The van der Waals surface area contributed by atoms with Crippen molar-refractivity contribution in [3.05, 3.63) is 95.1 Å². The van der Waals surface area contributed by atoms with E-state index in [0.29, 0.717) is 22.8 Å². The summed E-state index contributed by atoms with van der Waals surface area (Å²) in [7, 11) is 0. The molecule has 3 aromatic rings. The highest BCUT2D eigenvalue weighted by molar-refractivity contribution is 6.03. The Morgan fingerprint density at radius 2 is 1.72 bits per heavy atom. The molecule has 25 heavy (non-hydrogen) atoms. The van der Waals surface area contributed by atoms with Crippen LogP contribution >= 0.6 is 0 Å². The number of aromatic nitrogens is 1. The number of benzene rings is 2. The minimum Gasteiger partial charge on any atom is -0.711 e. The molecule has 0 spiro atoms. The lowest BCUT2D eigenvalue weighted by Gasteiger charge is -2.11. The molecule has 0 aliphatic heterocycles. The molecule has 1 aromatic heterocycles. The minimum absolute atomic E-state index is 0.213. The Bertz CT molecular complexity index is 868. The quantitative estimate of drug-likeness (QED) is 0.554. The molecule has 126 valence electrons. The van der Waals surface area contributed by atoms with Crippen LogP contribution in [0.15, 0.2) is 72.9 Å². The van der Waals surface area contributed by atoms with Gasteiger partial charge < -0.3 is 10.5 Å². The zero-order valence-electron chi connectivity index (χ0n) is 13.3. The summed E-state index contributed by atoms with van der Waals surface area (Å²) in [5.41, 5.74) is 1.71. The second kappa shape index (κ2) is 7.44. The second-order valence-corrected chi connectivity index (χ2v) is 5.43. The minimum atomic E-state index is -0.439. The smallest absolute Gasteiger partial charge is 0.277 e. The Labute approximate surface area is 144 Å². The lowest BCUT2D eigenvalue weighted by atomic mass is 10.2. The van der Waals surface area contributed by atoms with Gasteiger partial charge >= 0.3 is 0 Å². The third kappa shape index (κ3) is 4.32. The van der Waals surface area contributed by atoms with Crippen molar-refractivity contribution in [2.24, 2.45) is 0 Å². The number of halogens is 1. The van der Waals surface area contributed by atoms with Crippen LogP contribution in [-0.4, -0.2) is 5.91 Å². The summed E-state index contributed by atoms with van der Waals surface area (Å²) in [6.07, 6.45) is 1.20. The molecule has 0 fully saturated rings. The summed E-state index contributed by atoms with van der Waals surface area (Å²) in [6, 6.07) is 18.2. The Morgan fingerprint density at radius 1 is 1.00 bits per heavy atom. The van der Waals surface area contributed by atoms with Crippen molar-refractivity contribution in [1.82, 2.24) is 0 Å². The van der Waals surface area contributed by atoms with E-state index in [-0.39, 0.29) is 11.4 Å². The van der Waals surface area contributed by atoms with Gasteiger partial charge in [0.1, 0.15) is 18.6 Å². The molecule has 1 amide bonds. The molecule has 0 radical (unpaired) electrons. The Hall–Kier alpha value is -3.41. The van der Waals surface area contributed by atoms with Crippen LogP contribution in [0.5, 0.6) is 0 Å². The maximum absolute atomic E-state index is 12.9. The first-order valence-corrected chi connectivity index (χ1v) is 7.70. The first kappa shape index (κ1) is 16.4. The number of pyridine rings is 1. The summed E-state index contributed by atoms with van der Waals surface area (Å²) in [5, 5.41) is 17.7. The monoisotopic (exact) mass is 337 g/mol. The van der Waals surface area contributed by atoms with Gasteiger partial charge in [-0.15, -0.1) is 0 Å². The molecule has 0 saturated carbocycles. The summed E-state index contributed by atoms with van der Waals surface area (Å²) in [6.45, 7) is 0.504. The molecule has 2 N–H and O–H groups in total. The number of amides is 1. The first-order chi connectivity index (χ1) is 12.1. The van der Waals surface area contributed by atoms with E-state index in [0.717, 1.165) is 5.56 Å². The van der Waals surface area contributed by atoms with Crippen molar-refractivity contribution in [3.8, 4) is 0 Å². The number of hydrogen-bond acceptors (Lipinski definition) is 3. The Morgan fingerprint density at radius 3 is 2.40 bits per heavy atom. The van der Waals surface area contributed by atoms with Gasteiger partial charge in [-0.2, -0.15) is 0 Å². The number of anilines is 2. The third-order valence-electron chi connectivity index (χ3n) is 3.60. The highest BCUT2D eigenvalue weighted by Gasteiger charge is 2.11. The Balaban J connectivity index is 1.66. The molecular formula is C19H16FN3O2. The second-order valence-electron chi connectivity index (χ2n) is 5.43. The molecule has 0 atom stereocenters. The number of carbonyl (C=O) groups excluding carboxylic acids is 1. The van der Waals surface area contributed by atoms with Crippen molar-refractivity contribution in [2.45, 2.75) is 6.54 Å². The molecule has 0 saturated heterocycles. The molecule has 1 heterocycles. The number of nitrogens with one attached hydrogen (secondary N) is 2. The summed E-state index contributed by atoms with van der Waals surface area (Å²) >= 11 is 0. The van der Waals surface area contributed by atoms with Gasteiger partial charge in [-0.25, -0.2) is 9.12 Å². The molecule has 0 aliphatic carbocycles. The average Bonchev–Trinajstić information content (AvgIpc) is 2.63. The van der Waals surface area contributed by atoms with Gasteiger partial charge in [-0.05, 0) is 35.9 Å². The van der Waals surface area contributed by atoms with Crippen LogP contribution in [-0.2, 0) is 6.54 Å². The Kier molecular flexibility index (Phi) is 4.89. The fourth-order valence-electron chi connectivity index (χ4n) is 2.28. The highest BCUT2D eigenvalue weighted by Crippen LogP contribution is 2.11. The van der Waals surface area contributed by atoms with E-state index in [9.17, 15) is 14.4 Å². The van der Waals surface area contributed by atoms with Crippen LogP contribution in [0.3, 0.4) is 0 Å². The fraction of sp³-hybridized carbons (Fsp3) is 0.0526. The standard InChI is InChI=1S/C19H16FN3O2/c20-16-7-9-17(10-8-16)22-19(24)15-6-11-18(23(25)13-15)21-12-14-4-2-1-3-5-14/h1-11,13,21H,12H2,(H,22,24). The maximum Gasteiger partial charge on any atom is 0.277 e. The third-order valence-corrected chi connectivity index (χ3v) is 3.60. The molecular weight excluding hydrogens is 321 g/mol. The van der Waals surface area contributed by atoms with Crippen molar-refractivity contribution in [1.29, 1.82) is 0 Å². The van der Waals surface area contributed by atoms with Crippen molar-refractivity contribution in [3.63, 3.8) is 0 Å². The van der Waals surface area contributed by atoms with Gasteiger partial charge in [0.15, 0.2) is 0 Å². The van der Waals surface area contributed by atoms with E-state index in [1.807, 2.05) is 30.3 Å². The number of rotatable bonds is 5. The van der Waals surface area contributed by atoms with Gasteiger partial charge in [0.2, 0.25) is 0 Å². The zero-order valence-corrected chi connectivity index (χ0v) is 13.3.